The van der Waals surface area contributed by atoms with Crippen LogP contribution in [0.4, 0.5) is 0 Å². The molecule has 1 rings (SSSR count). The molecule has 0 aliphatic carbocycles. The van der Waals surface area contributed by atoms with Crippen molar-refractivity contribution in [2.75, 3.05) is 0 Å². The molecule has 0 radical (unpaired) electrons. The van der Waals surface area contributed by atoms with Crippen molar-refractivity contribution in [3.05, 3.63) is 34.4 Å². The molecule has 0 spiro atoms. The predicted molar refractivity (Wildman–Crippen MR) is 65.2 cm³/mol. The maximum absolute atomic E-state index is 10.1. The summed E-state index contributed by atoms with van der Waals surface area (Å²) in [7, 11) is 0. The minimum absolute atomic E-state index is 0.505. The second kappa shape index (κ2) is 3.97. The highest BCUT2D eigenvalue weighted by Gasteiger charge is 2.20. The molecule has 0 aromatic heterocycles. The van der Waals surface area contributed by atoms with Crippen LogP contribution in [-0.2, 0) is 5.60 Å². The van der Waals surface area contributed by atoms with Gasteiger partial charge in [0.15, 0.2) is 0 Å². The lowest BCUT2D eigenvalue weighted by molar-refractivity contribution is 0.0777. The summed E-state index contributed by atoms with van der Waals surface area (Å²) in [5.41, 5.74) is 4.06. The molecule has 1 aromatic rings. The lowest BCUT2D eigenvalue weighted by atomic mass is 9.87. The Bertz CT molecular complexity index is 356. The lowest BCUT2D eigenvalue weighted by Crippen LogP contribution is -2.18. The van der Waals surface area contributed by atoms with Crippen molar-refractivity contribution in [1.82, 2.24) is 0 Å². The molecule has 1 nitrogen and oxygen atoms in total. The largest absolute Gasteiger partial charge is 0.386 e. The van der Waals surface area contributed by atoms with E-state index < -0.39 is 5.60 Å². The van der Waals surface area contributed by atoms with Crippen molar-refractivity contribution in [3.8, 4) is 0 Å². The average Bonchev–Trinajstić information content (AvgIpc) is 2.06. The predicted octanol–water partition coefficient (Wildman–Crippen LogP) is 3.65. The highest BCUT2D eigenvalue weighted by Crippen LogP contribution is 2.29. The maximum atomic E-state index is 10.1. The van der Waals surface area contributed by atoms with Gasteiger partial charge in [-0.1, -0.05) is 26.0 Å². The van der Waals surface area contributed by atoms with Crippen LogP contribution in [0, 0.1) is 13.8 Å². The van der Waals surface area contributed by atoms with Crippen LogP contribution < -0.4 is 0 Å². The fraction of sp³-hybridized carbons (Fsp3) is 0.571. The van der Waals surface area contributed by atoms with Gasteiger partial charge in [0, 0.05) is 0 Å². The SMILES string of the molecule is Cc1cc(C(C)C)cc(C(C)(C)O)c1C. The Kier molecular flexibility index (Phi) is 3.25. The third-order valence-electron chi connectivity index (χ3n) is 3.02. The van der Waals surface area contributed by atoms with Crippen molar-refractivity contribution in [3.63, 3.8) is 0 Å². The first-order valence-electron chi connectivity index (χ1n) is 5.57. The van der Waals surface area contributed by atoms with Crippen molar-refractivity contribution in [2.45, 2.75) is 53.1 Å². The Morgan fingerprint density at radius 1 is 1.13 bits per heavy atom. The lowest BCUT2D eigenvalue weighted by Gasteiger charge is -2.23. The minimum atomic E-state index is -0.750. The molecule has 0 aliphatic rings. The normalized spacial score (nSPS) is 12.3. The molecular formula is C14H22O. The number of rotatable bonds is 2. The van der Waals surface area contributed by atoms with Crippen molar-refractivity contribution in [1.29, 1.82) is 0 Å². The van der Waals surface area contributed by atoms with Gasteiger partial charge in [0.2, 0.25) is 0 Å². The molecule has 0 fully saturated rings. The zero-order valence-corrected chi connectivity index (χ0v) is 10.7. The van der Waals surface area contributed by atoms with E-state index in [2.05, 4.69) is 39.8 Å². The number of hydrogen-bond donors (Lipinski definition) is 1. The van der Waals surface area contributed by atoms with Crippen LogP contribution in [0.15, 0.2) is 12.1 Å². The third-order valence-corrected chi connectivity index (χ3v) is 3.02. The van der Waals surface area contributed by atoms with Gasteiger partial charge in [0.1, 0.15) is 0 Å². The summed E-state index contributed by atoms with van der Waals surface area (Å²) in [5, 5.41) is 10.1. The number of benzene rings is 1. The van der Waals surface area contributed by atoms with Gasteiger partial charge in [0.25, 0.3) is 0 Å². The Morgan fingerprint density at radius 3 is 2.07 bits per heavy atom. The highest BCUT2D eigenvalue weighted by molar-refractivity contribution is 5.41. The van der Waals surface area contributed by atoms with Crippen LogP contribution in [0.3, 0.4) is 0 Å². The Balaban J connectivity index is 3.38. The molecule has 0 aliphatic heterocycles. The maximum Gasteiger partial charge on any atom is 0.0843 e. The molecule has 1 heteroatoms. The molecule has 0 bridgehead atoms. The van der Waals surface area contributed by atoms with Gasteiger partial charge in [-0.05, 0) is 55.9 Å². The summed E-state index contributed by atoms with van der Waals surface area (Å²) in [6.07, 6.45) is 0. The topological polar surface area (TPSA) is 20.2 Å². The van der Waals surface area contributed by atoms with E-state index in [9.17, 15) is 5.11 Å². The standard InChI is InChI=1S/C14H22O/c1-9(2)12-7-10(3)11(4)13(8-12)14(5,6)15/h7-9,15H,1-6H3. The van der Waals surface area contributed by atoms with Crippen molar-refractivity contribution < 1.29 is 5.11 Å². The van der Waals surface area contributed by atoms with E-state index in [1.807, 2.05) is 13.8 Å². The molecule has 0 atom stereocenters. The highest BCUT2D eigenvalue weighted by atomic mass is 16.3. The van der Waals surface area contributed by atoms with Crippen LogP contribution in [-0.4, -0.2) is 5.11 Å². The Morgan fingerprint density at radius 2 is 1.67 bits per heavy atom. The van der Waals surface area contributed by atoms with Gasteiger partial charge in [-0.3, -0.25) is 0 Å². The quantitative estimate of drug-likeness (QED) is 0.783. The Hall–Kier alpha value is -0.820. The summed E-state index contributed by atoms with van der Waals surface area (Å²) in [6.45, 7) is 12.2. The van der Waals surface area contributed by atoms with Gasteiger partial charge < -0.3 is 5.11 Å². The molecule has 0 heterocycles. The van der Waals surface area contributed by atoms with Gasteiger partial charge in [-0.25, -0.2) is 0 Å². The minimum Gasteiger partial charge on any atom is -0.386 e. The molecule has 1 aromatic carbocycles. The van der Waals surface area contributed by atoms with E-state index in [0.29, 0.717) is 5.92 Å². The molecule has 84 valence electrons. The number of hydrogen-bond acceptors (Lipinski definition) is 1. The smallest absolute Gasteiger partial charge is 0.0843 e. The van der Waals surface area contributed by atoms with Crippen LogP contribution in [0.25, 0.3) is 0 Å². The molecule has 0 saturated heterocycles. The van der Waals surface area contributed by atoms with Crippen molar-refractivity contribution in [2.24, 2.45) is 0 Å². The molecule has 0 amide bonds. The fourth-order valence-electron chi connectivity index (χ4n) is 1.86. The summed E-state index contributed by atoms with van der Waals surface area (Å²) < 4.78 is 0. The van der Waals surface area contributed by atoms with Gasteiger partial charge >= 0.3 is 0 Å². The molecule has 0 saturated carbocycles. The van der Waals surface area contributed by atoms with E-state index in [1.54, 1.807) is 0 Å². The van der Waals surface area contributed by atoms with Gasteiger partial charge in [-0.15, -0.1) is 0 Å². The van der Waals surface area contributed by atoms with Crippen LogP contribution >= 0.6 is 0 Å². The van der Waals surface area contributed by atoms with Gasteiger partial charge in [-0.2, -0.15) is 0 Å². The molecule has 0 unspecified atom stereocenters. The first kappa shape index (κ1) is 12.3. The zero-order chi connectivity index (χ0) is 11.8. The second-order valence-electron chi connectivity index (χ2n) is 5.22. The van der Waals surface area contributed by atoms with E-state index in [-0.39, 0.29) is 0 Å². The van der Waals surface area contributed by atoms with E-state index in [0.717, 1.165) is 5.56 Å². The summed E-state index contributed by atoms with van der Waals surface area (Å²) in [4.78, 5) is 0. The summed E-state index contributed by atoms with van der Waals surface area (Å²) in [5.74, 6) is 0.505. The van der Waals surface area contributed by atoms with Crippen LogP contribution in [0.2, 0.25) is 0 Å². The second-order valence-corrected chi connectivity index (χ2v) is 5.22. The third kappa shape index (κ3) is 2.60. The van der Waals surface area contributed by atoms with Crippen LogP contribution in [0.1, 0.15) is 55.9 Å². The molecule has 15 heavy (non-hydrogen) atoms. The summed E-state index contributed by atoms with van der Waals surface area (Å²) >= 11 is 0. The fourth-order valence-corrected chi connectivity index (χ4v) is 1.86. The number of aryl methyl sites for hydroxylation is 1. The zero-order valence-electron chi connectivity index (χ0n) is 10.7. The first-order valence-corrected chi connectivity index (χ1v) is 5.57. The summed E-state index contributed by atoms with van der Waals surface area (Å²) in [6, 6.07) is 4.35. The molecule has 1 N–H and O–H groups in total. The number of aliphatic hydroxyl groups is 1. The van der Waals surface area contributed by atoms with Crippen molar-refractivity contribution >= 4 is 0 Å². The first-order chi connectivity index (χ1) is 6.73. The average molecular weight is 206 g/mol. The Labute approximate surface area is 93.1 Å². The van der Waals surface area contributed by atoms with E-state index >= 15 is 0 Å². The van der Waals surface area contributed by atoms with E-state index in [1.165, 1.54) is 16.7 Å². The van der Waals surface area contributed by atoms with E-state index in [4.69, 9.17) is 0 Å². The monoisotopic (exact) mass is 206 g/mol. The molecular weight excluding hydrogens is 184 g/mol. The van der Waals surface area contributed by atoms with Gasteiger partial charge in [0.05, 0.1) is 5.60 Å². The van der Waals surface area contributed by atoms with Crippen LogP contribution in [0.5, 0.6) is 0 Å².